The summed E-state index contributed by atoms with van der Waals surface area (Å²) < 4.78 is 1.91. The number of imidazole rings is 1. The van der Waals surface area contributed by atoms with Crippen LogP contribution in [0.1, 0.15) is 20.9 Å². The maximum atomic E-state index is 12.4. The van der Waals surface area contributed by atoms with Crippen LogP contribution in [-0.2, 0) is 6.42 Å². The van der Waals surface area contributed by atoms with E-state index in [1.54, 1.807) is 34.8 Å². The molecule has 0 aliphatic rings. The van der Waals surface area contributed by atoms with Gasteiger partial charge in [-0.25, -0.2) is 4.98 Å². The minimum absolute atomic E-state index is 0.0439. The SMILES string of the molecule is Cc1cn2cc(C(=O)N(C)CCc3ccncc3)nc2s1. The summed E-state index contributed by atoms with van der Waals surface area (Å²) in [5, 5.41) is 0. The van der Waals surface area contributed by atoms with Crippen LogP contribution in [0.4, 0.5) is 0 Å². The molecule has 3 rings (SSSR count). The van der Waals surface area contributed by atoms with Gasteiger partial charge in [0.2, 0.25) is 0 Å². The Balaban J connectivity index is 1.67. The van der Waals surface area contributed by atoms with E-state index >= 15 is 0 Å². The van der Waals surface area contributed by atoms with Crippen molar-refractivity contribution in [2.24, 2.45) is 0 Å². The molecule has 0 N–H and O–H groups in total. The Morgan fingerprint density at radius 3 is 2.81 bits per heavy atom. The van der Waals surface area contributed by atoms with E-state index in [-0.39, 0.29) is 5.91 Å². The van der Waals surface area contributed by atoms with Crippen LogP contribution in [0.3, 0.4) is 0 Å². The monoisotopic (exact) mass is 300 g/mol. The van der Waals surface area contributed by atoms with E-state index in [0.717, 1.165) is 11.4 Å². The van der Waals surface area contributed by atoms with Crippen molar-refractivity contribution in [2.75, 3.05) is 13.6 Å². The second-order valence-electron chi connectivity index (χ2n) is 4.99. The molecule has 0 aliphatic heterocycles. The van der Waals surface area contributed by atoms with Gasteiger partial charge in [0.25, 0.3) is 5.91 Å². The number of thiazole rings is 1. The number of hydrogen-bond acceptors (Lipinski definition) is 4. The molecule has 108 valence electrons. The minimum Gasteiger partial charge on any atom is -0.340 e. The molecule has 3 aromatic heterocycles. The van der Waals surface area contributed by atoms with Gasteiger partial charge in [0.05, 0.1) is 0 Å². The molecule has 0 aromatic carbocycles. The molecule has 0 aliphatic carbocycles. The number of fused-ring (bicyclic) bond motifs is 1. The Morgan fingerprint density at radius 2 is 2.10 bits per heavy atom. The summed E-state index contributed by atoms with van der Waals surface area (Å²) in [5.41, 5.74) is 1.67. The Labute approximate surface area is 126 Å². The average molecular weight is 300 g/mol. The second-order valence-corrected chi connectivity index (χ2v) is 6.20. The zero-order valence-electron chi connectivity index (χ0n) is 12.0. The molecule has 3 aromatic rings. The topological polar surface area (TPSA) is 50.5 Å². The minimum atomic E-state index is -0.0439. The summed E-state index contributed by atoms with van der Waals surface area (Å²) in [6.07, 6.45) is 8.13. The number of hydrogen-bond donors (Lipinski definition) is 0. The van der Waals surface area contributed by atoms with Crippen LogP contribution in [-0.4, -0.2) is 38.8 Å². The lowest BCUT2D eigenvalue weighted by atomic mass is 10.2. The van der Waals surface area contributed by atoms with E-state index in [9.17, 15) is 4.79 Å². The number of carbonyl (C=O) groups is 1. The van der Waals surface area contributed by atoms with Crippen LogP contribution in [0, 0.1) is 6.92 Å². The van der Waals surface area contributed by atoms with Gasteiger partial charge in [0.15, 0.2) is 4.96 Å². The number of nitrogens with zero attached hydrogens (tertiary/aromatic N) is 4. The highest BCUT2D eigenvalue weighted by Crippen LogP contribution is 2.17. The normalized spacial score (nSPS) is 11.0. The van der Waals surface area contributed by atoms with Gasteiger partial charge in [-0.1, -0.05) is 0 Å². The fraction of sp³-hybridized carbons (Fsp3) is 0.267. The average Bonchev–Trinajstić information content (AvgIpc) is 3.02. The van der Waals surface area contributed by atoms with E-state index in [0.29, 0.717) is 12.2 Å². The highest BCUT2D eigenvalue weighted by molar-refractivity contribution is 7.17. The van der Waals surface area contributed by atoms with Gasteiger partial charge < -0.3 is 4.90 Å². The van der Waals surface area contributed by atoms with Crippen LogP contribution < -0.4 is 0 Å². The molecule has 0 unspecified atom stereocenters. The Bertz CT molecular complexity index is 731. The summed E-state index contributed by atoms with van der Waals surface area (Å²) in [7, 11) is 1.81. The first-order valence-electron chi connectivity index (χ1n) is 6.73. The van der Waals surface area contributed by atoms with Crippen molar-refractivity contribution in [3.8, 4) is 0 Å². The quantitative estimate of drug-likeness (QED) is 0.743. The maximum absolute atomic E-state index is 12.4. The third-order valence-electron chi connectivity index (χ3n) is 3.32. The predicted molar refractivity (Wildman–Crippen MR) is 82.7 cm³/mol. The molecular weight excluding hydrogens is 284 g/mol. The number of carbonyl (C=O) groups excluding carboxylic acids is 1. The highest BCUT2D eigenvalue weighted by atomic mass is 32.1. The van der Waals surface area contributed by atoms with E-state index in [1.807, 2.05) is 36.7 Å². The lowest BCUT2D eigenvalue weighted by molar-refractivity contribution is 0.0791. The van der Waals surface area contributed by atoms with Crippen molar-refractivity contribution >= 4 is 22.2 Å². The molecule has 0 saturated carbocycles. The standard InChI is InChI=1S/C15H16N4OS/c1-11-9-19-10-13(17-15(19)21-11)14(20)18(2)8-5-12-3-6-16-7-4-12/h3-4,6-7,9-10H,5,8H2,1-2H3. The fourth-order valence-electron chi connectivity index (χ4n) is 2.16. The molecule has 5 nitrogen and oxygen atoms in total. The largest absolute Gasteiger partial charge is 0.340 e. The number of aryl methyl sites for hydroxylation is 1. The van der Waals surface area contributed by atoms with Crippen LogP contribution in [0.2, 0.25) is 0 Å². The van der Waals surface area contributed by atoms with Crippen molar-refractivity contribution in [3.05, 3.63) is 53.1 Å². The zero-order chi connectivity index (χ0) is 14.8. The second kappa shape index (κ2) is 5.65. The van der Waals surface area contributed by atoms with Gasteiger partial charge in [0, 0.05) is 43.3 Å². The van der Waals surface area contributed by atoms with Crippen molar-refractivity contribution in [2.45, 2.75) is 13.3 Å². The molecule has 6 heteroatoms. The van der Waals surface area contributed by atoms with Gasteiger partial charge in [-0.15, -0.1) is 11.3 Å². The van der Waals surface area contributed by atoms with Crippen LogP contribution in [0.15, 0.2) is 36.9 Å². The molecule has 0 saturated heterocycles. The highest BCUT2D eigenvalue weighted by Gasteiger charge is 2.16. The van der Waals surface area contributed by atoms with E-state index in [2.05, 4.69) is 9.97 Å². The third kappa shape index (κ3) is 2.95. The summed E-state index contributed by atoms with van der Waals surface area (Å²) in [5.74, 6) is -0.0439. The van der Waals surface area contributed by atoms with E-state index in [1.165, 1.54) is 10.4 Å². The van der Waals surface area contributed by atoms with E-state index < -0.39 is 0 Å². The van der Waals surface area contributed by atoms with Crippen molar-refractivity contribution in [1.82, 2.24) is 19.3 Å². The lowest BCUT2D eigenvalue weighted by Gasteiger charge is -2.15. The summed E-state index contributed by atoms with van der Waals surface area (Å²) >= 11 is 1.59. The lowest BCUT2D eigenvalue weighted by Crippen LogP contribution is -2.29. The number of likely N-dealkylation sites (N-methyl/N-ethyl adjacent to an activating group) is 1. The van der Waals surface area contributed by atoms with Crippen molar-refractivity contribution < 1.29 is 4.79 Å². The molecule has 3 heterocycles. The fourth-order valence-corrected chi connectivity index (χ4v) is 2.97. The molecule has 21 heavy (non-hydrogen) atoms. The van der Waals surface area contributed by atoms with Gasteiger partial charge in [-0.3, -0.25) is 14.2 Å². The summed E-state index contributed by atoms with van der Waals surface area (Å²) in [6.45, 7) is 2.69. The Kier molecular flexibility index (Phi) is 3.70. The number of aromatic nitrogens is 3. The maximum Gasteiger partial charge on any atom is 0.273 e. The van der Waals surface area contributed by atoms with E-state index in [4.69, 9.17) is 0 Å². The van der Waals surface area contributed by atoms with Gasteiger partial charge in [-0.2, -0.15) is 0 Å². The molecule has 0 spiro atoms. The molecule has 0 bridgehead atoms. The third-order valence-corrected chi connectivity index (χ3v) is 4.23. The molecule has 0 atom stereocenters. The number of amides is 1. The first kappa shape index (κ1) is 13.8. The molecule has 0 radical (unpaired) electrons. The zero-order valence-corrected chi connectivity index (χ0v) is 12.8. The van der Waals surface area contributed by atoms with Crippen LogP contribution >= 0.6 is 11.3 Å². The van der Waals surface area contributed by atoms with Crippen LogP contribution in [0.5, 0.6) is 0 Å². The van der Waals surface area contributed by atoms with Gasteiger partial charge in [0.1, 0.15) is 5.69 Å². The number of pyridine rings is 1. The molecule has 1 amide bonds. The Hall–Kier alpha value is -2.21. The van der Waals surface area contributed by atoms with Crippen molar-refractivity contribution in [1.29, 1.82) is 0 Å². The van der Waals surface area contributed by atoms with Crippen molar-refractivity contribution in [3.63, 3.8) is 0 Å². The first-order chi connectivity index (χ1) is 10.1. The Morgan fingerprint density at radius 1 is 1.33 bits per heavy atom. The predicted octanol–water partition coefficient (Wildman–Crippen LogP) is 2.41. The van der Waals surface area contributed by atoms with Gasteiger partial charge >= 0.3 is 0 Å². The molecule has 0 fully saturated rings. The molecular formula is C15H16N4OS. The first-order valence-corrected chi connectivity index (χ1v) is 7.54. The van der Waals surface area contributed by atoms with Crippen LogP contribution in [0.25, 0.3) is 4.96 Å². The number of rotatable bonds is 4. The van der Waals surface area contributed by atoms with Gasteiger partial charge in [-0.05, 0) is 31.0 Å². The summed E-state index contributed by atoms with van der Waals surface area (Å²) in [6, 6.07) is 3.93. The smallest absolute Gasteiger partial charge is 0.273 e. The summed E-state index contributed by atoms with van der Waals surface area (Å²) in [4.78, 5) is 24.5.